The van der Waals surface area contributed by atoms with E-state index in [2.05, 4.69) is 4.98 Å². The van der Waals surface area contributed by atoms with E-state index >= 15 is 0 Å². The van der Waals surface area contributed by atoms with Crippen LogP contribution in [-0.4, -0.2) is 12.1 Å². The van der Waals surface area contributed by atoms with Gasteiger partial charge in [-0.3, -0.25) is 0 Å². The minimum atomic E-state index is 0.481. The van der Waals surface area contributed by atoms with Crippen molar-refractivity contribution in [1.29, 1.82) is 0 Å². The molecule has 2 rings (SSSR count). The zero-order valence-corrected chi connectivity index (χ0v) is 9.71. The van der Waals surface area contributed by atoms with Gasteiger partial charge in [0, 0.05) is 35.1 Å². The minimum Gasteiger partial charge on any atom is -0.496 e. The first-order chi connectivity index (χ1) is 7.76. The first-order valence-electron chi connectivity index (χ1n) is 4.96. The number of rotatable bonds is 3. The highest BCUT2D eigenvalue weighted by Gasteiger charge is 2.10. The van der Waals surface area contributed by atoms with E-state index in [4.69, 9.17) is 22.1 Å². The Bertz CT molecular complexity index is 494. The topological polar surface area (TPSA) is 51.0 Å². The number of ether oxygens (including phenoxy) is 1. The van der Waals surface area contributed by atoms with Crippen molar-refractivity contribution in [3.63, 3.8) is 0 Å². The fraction of sp³-hybridized carbons (Fsp3) is 0.167. The molecule has 0 atom stereocenters. The van der Waals surface area contributed by atoms with Crippen LogP contribution in [0, 0.1) is 0 Å². The van der Waals surface area contributed by atoms with Gasteiger partial charge in [0.1, 0.15) is 5.75 Å². The highest BCUT2D eigenvalue weighted by atomic mass is 35.5. The molecule has 4 heteroatoms. The third-order valence-electron chi connectivity index (χ3n) is 2.50. The van der Waals surface area contributed by atoms with Gasteiger partial charge in [0.05, 0.1) is 7.11 Å². The molecular formula is C12H13ClN2O. The van der Waals surface area contributed by atoms with E-state index < -0.39 is 0 Å². The SMILES string of the molecule is COc1ccc(Cl)cc1-c1c[nH]cc1CN. The Morgan fingerprint density at radius 1 is 1.31 bits per heavy atom. The Kier molecular flexibility index (Phi) is 3.17. The van der Waals surface area contributed by atoms with E-state index in [-0.39, 0.29) is 0 Å². The second-order valence-electron chi connectivity index (χ2n) is 3.44. The molecule has 2 aromatic rings. The lowest BCUT2D eigenvalue weighted by Crippen LogP contribution is -1.97. The summed E-state index contributed by atoms with van der Waals surface area (Å²) < 4.78 is 5.31. The van der Waals surface area contributed by atoms with E-state index in [1.807, 2.05) is 24.5 Å². The predicted molar refractivity (Wildman–Crippen MR) is 65.7 cm³/mol. The van der Waals surface area contributed by atoms with Crippen LogP contribution in [0.25, 0.3) is 11.1 Å². The Labute approximate surface area is 99.2 Å². The highest BCUT2D eigenvalue weighted by Crippen LogP contribution is 2.34. The fourth-order valence-electron chi connectivity index (χ4n) is 1.71. The first kappa shape index (κ1) is 11.0. The van der Waals surface area contributed by atoms with Gasteiger partial charge in [-0.15, -0.1) is 0 Å². The molecule has 3 N–H and O–H groups in total. The number of nitrogens with two attached hydrogens (primary N) is 1. The van der Waals surface area contributed by atoms with E-state index in [1.54, 1.807) is 13.2 Å². The van der Waals surface area contributed by atoms with Crippen molar-refractivity contribution in [3.8, 4) is 16.9 Å². The molecule has 0 aliphatic rings. The Morgan fingerprint density at radius 3 is 2.81 bits per heavy atom. The normalized spacial score (nSPS) is 10.4. The van der Waals surface area contributed by atoms with Crippen molar-refractivity contribution in [3.05, 3.63) is 41.2 Å². The summed E-state index contributed by atoms with van der Waals surface area (Å²) in [7, 11) is 1.64. The lowest BCUT2D eigenvalue weighted by molar-refractivity contribution is 0.416. The van der Waals surface area contributed by atoms with Crippen LogP contribution in [0.1, 0.15) is 5.56 Å². The summed E-state index contributed by atoms with van der Waals surface area (Å²) in [5.74, 6) is 0.790. The molecule has 0 saturated heterocycles. The van der Waals surface area contributed by atoms with Gasteiger partial charge in [-0.05, 0) is 23.8 Å². The summed E-state index contributed by atoms with van der Waals surface area (Å²) in [4.78, 5) is 3.04. The molecule has 1 aromatic heterocycles. The standard InChI is InChI=1S/C12H13ClN2O/c1-16-12-3-2-9(13)4-10(12)11-7-15-6-8(11)5-14/h2-4,6-7,15H,5,14H2,1H3. The van der Waals surface area contributed by atoms with Crippen molar-refractivity contribution in [2.45, 2.75) is 6.54 Å². The Hall–Kier alpha value is -1.45. The number of aromatic nitrogens is 1. The molecule has 0 amide bonds. The molecule has 16 heavy (non-hydrogen) atoms. The molecule has 0 spiro atoms. The van der Waals surface area contributed by atoms with Gasteiger partial charge in [-0.1, -0.05) is 11.6 Å². The maximum atomic E-state index is 5.99. The van der Waals surface area contributed by atoms with Crippen molar-refractivity contribution in [2.24, 2.45) is 5.73 Å². The van der Waals surface area contributed by atoms with Crippen LogP contribution in [0.15, 0.2) is 30.6 Å². The average molecular weight is 237 g/mol. The Balaban J connectivity index is 2.58. The number of H-pyrrole nitrogens is 1. The third kappa shape index (κ3) is 1.92. The number of nitrogens with one attached hydrogen (secondary N) is 1. The summed E-state index contributed by atoms with van der Waals surface area (Å²) in [6, 6.07) is 5.53. The molecule has 0 unspecified atom stereocenters. The number of aromatic amines is 1. The second kappa shape index (κ2) is 4.60. The molecule has 84 valence electrons. The maximum Gasteiger partial charge on any atom is 0.126 e. The number of benzene rings is 1. The summed E-state index contributed by atoms with van der Waals surface area (Å²) in [5.41, 5.74) is 8.70. The summed E-state index contributed by atoms with van der Waals surface area (Å²) in [5, 5.41) is 0.681. The molecule has 0 fully saturated rings. The molecule has 0 radical (unpaired) electrons. The van der Waals surface area contributed by atoms with E-state index in [0.29, 0.717) is 11.6 Å². The van der Waals surface area contributed by atoms with Crippen molar-refractivity contribution >= 4 is 11.6 Å². The first-order valence-corrected chi connectivity index (χ1v) is 5.33. The quantitative estimate of drug-likeness (QED) is 0.861. The molecular weight excluding hydrogens is 224 g/mol. The van der Waals surface area contributed by atoms with Gasteiger partial charge in [-0.2, -0.15) is 0 Å². The van der Waals surface area contributed by atoms with Gasteiger partial charge in [0.25, 0.3) is 0 Å². The summed E-state index contributed by atoms with van der Waals surface area (Å²) in [6.45, 7) is 0.481. The largest absolute Gasteiger partial charge is 0.496 e. The number of methoxy groups -OCH3 is 1. The van der Waals surface area contributed by atoms with Crippen LogP contribution < -0.4 is 10.5 Å². The fourth-order valence-corrected chi connectivity index (χ4v) is 1.88. The zero-order valence-electron chi connectivity index (χ0n) is 8.96. The molecule has 0 saturated carbocycles. The number of hydrogen-bond donors (Lipinski definition) is 2. The number of halogens is 1. The van der Waals surface area contributed by atoms with Gasteiger partial charge in [0.15, 0.2) is 0 Å². The molecule has 1 aromatic carbocycles. The lowest BCUT2D eigenvalue weighted by Gasteiger charge is -2.09. The molecule has 0 bridgehead atoms. The van der Waals surface area contributed by atoms with Crippen molar-refractivity contribution in [1.82, 2.24) is 4.98 Å². The molecule has 0 aliphatic heterocycles. The van der Waals surface area contributed by atoms with Gasteiger partial charge < -0.3 is 15.5 Å². The van der Waals surface area contributed by atoms with Gasteiger partial charge in [0.2, 0.25) is 0 Å². The van der Waals surface area contributed by atoms with E-state index in [1.165, 1.54) is 0 Å². The zero-order chi connectivity index (χ0) is 11.5. The summed E-state index contributed by atoms with van der Waals surface area (Å²) in [6.07, 6.45) is 3.78. The minimum absolute atomic E-state index is 0.481. The second-order valence-corrected chi connectivity index (χ2v) is 3.88. The van der Waals surface area contributed by atoms with Crippen LogP contribution in [0.4, 0.5) is 0 Å². The molecule has 1 heterocycles. The summed E-state index contributed by atoms with van der Waals surface area (Å²) >= 11 is 5.99. The van der Waals surface area contributed by atoms with Gasteiger partial charge >= 0.3 is 0 Å². The van der Waals surface area contributed by atoms with Gasteiger partial charge in [-0.25, -0.2) is 0 Å². The van der Waals surface area contributed by atoms with Crippen LogP contribution in [0.2, 0.25) is 5.02 Å². The highest BCUT2D eigenvalue weighted by molar-refractivity contribution is 6.31. The Morgan fingerprint density at radius 2 is 2.12 bits per heavy atom. The lowest BCUT2D eigenvalue weighted by atomic mass is 10.0. The smallest absolute Gasteiger partial charge is 0.126 e. The van der Waals surface area contributed by atoms with E-state index in [9.17, 15) is 0 Å². The predicted octanol–water partition coefficient (Wildman–Crippen LogP) is 2.80. The average Bonchev–Trinajstić information content (AvgIpc) is 2.76. The van der Waals surface area contributed by atoms with Crippen LogP contribution in [0.5, 0.6) is 5.75 Å². The van der Waals surface area contributed by atoms with Crippen LogP contribution >= 0.6 is 11.6 Å². The van der Waals surface area contributed by atoms with Crippen LogP contribution in [-0.2, 0) is 6.54 Å². The van der Waals surface area contributed by atoms with Crippen molar-refractivity contribution < 1.29 is 4.74 Å². The molecule has 3 nitrogen and oxygen atoms in total. The maximum absolute atomic E-state index is 5.99. The van der Waals surface area contributed by atoms with Crippen molar-refractivity contribution in [2.75, 3.05) is 7.11 Å². The number of hydrogen-bond acceptors (Lipinski definition) is 2. The third-order valence-corrected chi connectivity index (χ3v) is 2.74. The van der Waals surface area contributed by atoms with E-state index in [0.717, 1.165) is 22.4 Å². The van der Waals surface area contributed by atoms with Crippen LogP contribution in [0.3, 0.4) is 0 Å². The monoisotopic (exact) mass is 236 g/mol. The molecule has 0 aliphatic carbocycles.